The molecule has 3 rings (SSSR count). The van der Waals surface area contributed by atoms with Crippen molar-refractivity contribution < 1.29 is 23.9 Å². The lowest BCUT2D eigenvalue weighted by Crippen LogP contribution is -2.49. The highest BCUT2D eigenvalue weighted by molar-refractivity contribution is 6.22. The summed E-state index contributed by atoms with van der Waals surface area (Å²) in [5.74, 6) is -2.46. The van der Waals surface area contributed by atoms with E-state index in [-0.39, 0.29) is 17.0 Å². The lowest BCUT2D eigenvalue weighted by molar-refractivity contribution is -0.153. The van der Waals surface area contributed by atoms with Crippen molar-refractivity contribution in [2.24, 2.45) is 5.92 Å². The van der Waals surface area contributed by atoms with E-state index in [9.17, 15) is 19.2 Å². The Kier molecular flexibility index (Phi) is 7.60. The van der Waals surface area contributed by atoms with Crippen LogP contribution in [0.1, 0.15) is 73.1 Å². The maximum absolute atomic E-state index is 12.8. The number of hydrogen-bond acceptors (Lipinski definition) is 5. The van der Waals surface area contributed by atoms with E-state index >= 15 is 0 Å². The standard InChI is InChI=1S/C24H30N2O5/c1-3-16(2)21(26-22(28)18-11-7-8-12-19(18)23(26)29)24(30)31-15-20(27)25-14-13-17-9-5-4-6-10-17/h7-9,11-12,16,21H,3-6,10,13-15H2,1-2H3,(H,25,27)/t16-,21-/m0/s1. The van der Waals surface area contributed by atoms with Gasteiger partial charge in [0, 0.05) is 6.54 Å². The highest BCUT2D eigenvalue weighted by Gasteiger charge is 2.45. The number of esters is 1. The van der Waals surface area contributed by atoms with E-state index in [4.69, 9.17) is 4.74 Å². The van der Waals surface area contributed by atoms with Crippen LogP contribution in [-0.2, 0) is 14.3 Å². The average molecular weight is 427 g/mol. The Balaban J connectivity index is 1.58. The second-order valence-corrected chi connectivity index (χ2v) is 8.17. The first-order valence-corrected chi connectivity index (χ1v) is 11.0. The maximum Gasteiger partial charge on any atom is 0.330 e. The quantitative estimate of drug-likeness (QED) is 0.372. The molecule has 7 heteroatoms. The minimum atomic E-state index is -1.07. The molecule has 7 nitrogen and oxygen atoms in total. The number of carbonyl (C=O) groups excluding carboxylic acids is 4. The van der Waals surface area contributed by atoms with E-state index in [1.54, 1.807) is 31.2 Å². The number of nitrogens with zero attached hydrogens (tertiary/aromatic N) is 1. The maximum atomic E-state index is 12.8. The summed E-state index contributed by atoms with van der Waals surface area (Å²) in [4.78, 5) is 51.6. The Morgan fingerprint density at radius 2 is 1.81 bits per heavy atom. The summed E-state index contributed by atoms with van der Waals surface area (Å²) in [6.07, 6.45) is 8.16. The molecule has 0 spiro atoms. The van der Waals surface area contributed by atoms with Crippen molar-refractivity contribution in [3.63, 3.8) is 0 Å². The van der Waals surface area contributed by atoms with E-state index in [0.29, 0.717) is 13.0 Å². The van der Waals surface area contributed by atoms with Crippen LogP contribution in [0, 0.1) is 5.92 Å². The van der Waals surface area contributed by atoms with Gasteiger partial charge in [-0.1, -0.05) is 44.1 Å². The van der Waals surface area contributed by atoms with Gasteiger partial charge >= 0.3 is 5.97 Å². The first-order chi connectivity index (χ1) is 14.9. The second kappa shape index (κ2) is 10.4. The number of carbonyl (C=O) groups is 4. The predicted octanol–water partition coefficient (Wildman–Crippen LogP) is 3.25. The summed E-state index contributed by atoms with van der Waals surface area (Å²) in [6.45, 7) is 3.71. The minimum Gasteiger partial charge on any atom is -0.454 e. The Labute approximate surface area is 182 Å². The van der Waals surface area contributed by atoms with Crippen LogP contribution in [0.2, 0.25) is 0 Å². The normalized spacial score (nSPS) is 17.6. The number of rotatable bonds is 9. The SMILES string of the molecule is CC[C@H](C)[C@@H](C(=O)OCC(=O)NCCC1=CCCCC1)N1C(=O)c2ccccc2C1=O. The lowest BCUT2D eigenvalue weighted by atomic mass is 9.97. The second-order valence-electron chi connectivity index (χ2n) is 8.17. The minimum absolute atomic E-state index is 0.281. The van der Waals surface area contributed by atoms with Gasteiger partial charge in [-0.15, -0.1) is 0 Å². The van der Waals surface area contributed by atoms with Gasteiger partial charge in [-0.05, 0) is 50.2 Å². The van der Waals surface area contributed by atoms with Crippen LogP contribution >= 0.6 is 0 Å². The van der Waals surface area contributed by atoms with Crippen LogP contribution in [0.25, 0.3) is 0 Å². The van der Waals surface area contributed by atoms with Gasteiger partial charge in [-0.3, -0.25) is 19.3 Å². The van der Waals surface area contributed by atoms with E-state index in [0.717, 1.165) is 24.2 Å². The van der Waals surface area contributed by atoms with E-state index in [1.807, 2.05) is 6.92 Å². The van der Waals surface area contributed by atoms with Gasteiger partial charge in [0.1, 0.15) is 6.04 Å². The molecule has 1 aliphatic carbocycles. The zero-order chi connectivity index (χ0) is 22.4. The number of ether oxygens (including phenoxy) is 1. The van der Waals surface area contributed by atoms with E-state index in [2.05, 4.69) is 11.4 Å². The number of amides is 3. The summed E-state index contributed by atoms with van der Waals surface area (Å²) in [6, 6.07) is 5.43. The molecule has 1 heterocycles. The Bertz CT molecular complexity index is 857. The molecule has 0 radical (unpaired) electrons. The average Bonchev–Trinajstić information content (AvgIpc) is 3.04. The molecule has 2 aliphatic rings. The molecule has 31 heavy (non-hydrogen) atoms. The van der Waals surface area contributed by atoms with Gasteiger partial charge in [-0.25, -0.2) is 4.79 Å². The fraction of sp³-hybridized carbons (Fsp3) is 0.500. The van der Waals surface area contributed by atoms with Gasteiger partial charge in [0.15, 0.2) is 6.61 Å². The van der Waals surface area contributed by atoms with Crippen molar-refractivity contribution in [3.8, 4) is 0 Å². The molecule has 0 bridgehead atoms. The van der Waals surface area contributed by atoms with Crippen LogP contribution in [0.4, 0.5) is 0 Å². The molecule has 1 aromatic carbocycles. The van der Waals surface area contributed by atoms with Crippen molar-refractivity contribution in [2.45, 2.75) is 58.4 Å². The van der Waals surface area contributed by atoms with Gasteiger partial charge in [0.25, 0.3) is 17.7 Å². The van der Waals surface area contributed by atoms with Gasteiger partial charge in [0.05, 0.1) is 11.1 Å². The number of benzene rings is 1. The molecule has 166 valence electrons. The molecular formula is C24H30N2O5. The van der Waals surface area contributed by atoms with E-state index in [1.165, 1.54) is 18.4 Å². The molecule has 0 aromatic heterocycles. The summed E-state index contributed by atoms with van der Waals surface area (Å²) in [7, 11) is 0. The number of allylic oxidation sites excluding steroid dienone is 1. The molecule has 1 N–H and O–H groups in total. The Morgan fingerprint density at radius 1 is 1.13 bits per heavy atom. The van der Waals surface area contributed by atoms with Crippen LogP contribution in [-0.4, -0.2) is 47.8 Å². The molecule has 2 atom stereocenters. The van der Waals surface area contributed by atoms with Crippen molar-refractivity contribution in [2.75, 3.05) is 13.2 Å². The fourth-order valence-corrected chi connectivity index (χ4v) is 4.04. The summed E-state index contributed by atoms with van der Waals surface area (Å²) in [5, 5.41) is 2.76. The first kappa shape index (κ1) is 22.7. The van der Waals surface area contributed by atoms with Crippen LogP contribution < -0.4 is 5.32 Å². The van der Waals surface area contributed by atoms with Crippen LogP contribution in [0.15, 0.2) is 35.9 Å². The molecule has 1 aromatic rings. The number of fused-ring (bicyclic) bond motifs is 1. The fourth-order valence-electron chi connectivity index (χ4n) is 4.04. The third-order valence-electron chi connectivity index (χ3n) is 6.03. The monoisotopic (exact) mass is 426 g/mol. The Hall–Kier alpha value is -2.96. The molecule has 3 amide bonds. The smallest absolute Gasteiger partial charge is 0.330 e. The van der Waals surface area contributed by atoms with Crippen LogP contribution in [0.5, 0.6) is 0 Å². The molecule has 0 saturated carbocycles. The first-order valence-electron chi connectivity index (χ1n) is 11.0. The number of hydrogen-bond donors (Lipinski definition) is 1. The van der Waals surface area contributed by atoms with Crippen molar-refractivity contribution in [3.05, 3.63) is 47.0 Å². The zero-order valence-corrected chi connectivity index (χ0v) is 18.2. The highest BCUT2D eigenvalue weighted by Crippen LogP contribution is 2.28. The molecular weight excluding hydrogens is 396 g/mol. The topological polar surface area (TPSA) is 92.8 Å². The van der Waals surface area contributed by atoms with Crippen LogP contribution in [0.3, 0.4) is 0 Å². The molecule has 1 aliphatic heterocycles. The zero-order valence-electron chi connectivity index (χ0n) is 18.2. The van der Waals surface area contributed by atoms with Crippen molar-refractivity contribution in [1.29, 1.82) is 0 Å². The largest absolute Gasteiger partial charge is 0.454 e. The molecule has 0 fully saturated rings. The van der Waals surface area contributed by atoms with Gasteiger partial charge < -0.3 is 10.1 Å². The predicted molar refractivity (Wildman–Crippen MR) is 115 cm³/mol. The third-order valence-corrected chi connectivity index (χ3v) is 6.03. The van der Waals surface area contributed by atoms with E-state index < -0.39 is 36.3 Å². The van der Waals surface area contributed by atoms with Gasteiger partial charge in [-0.2, -0.15) is 0 Å². The summed E-state index contributed by atoms with van der Waals surface area (Å²) in [5.41, 5.74) is 1.91. The van der Waals surface area contributed by atoms with Gasteiger partial charge in [0.2, 0.25) is 0 Å². The number of nitrogens with one attached hydrogen (secondary N) is 1. The molecule has 0 saturated heterocycles. The Morgan fingerprint density at radius 3 is 2.39 bits per heavy atom. The highest BCUT2D eigenvalue weighted by atomic mass is 16.5. The number of imide groups is 1. The van der Waals surface area contributed by atoms with Crippen molar-refractivity contribution >= 4 is 23.7 Å². The molecule has 0 unspecified atom stereocenters. The van der Waals surface area contributed by atoms with Crippen molar-refractivity contribution in [1.82, 2.24) is 10.2 Å². The lowest BCUT2D eigenvalue weighted by Gasteiger charge is -2.28. The third kappa shape index (κ3) is 5.21. The summed E-state index contributed by atoms with van der Waals surface area (Å²) < 4.78 is 5.23. The summed E-state index contributed by atoms with van der Waals surface area (Å²) >= 11 is 0.